The molecule has 0 aliphatic carbocycles. The molecule has 0 unspecified atom stereocenters. The van der Waals surface area contributed by atoms with Gasteiger partial charge in [-0.15, -0.1) is 0 Å². The predicted octanol–water partition coefficient (Wildman–Crippen LogP) is 3.27. The number of anilines is 1. The summed E-state index contributed by atoms with van der Waals surface area (Å²) in [6.45, 7) is 2.79. The number of hydrogen-bond acceptors (Lipinski definition) is 6. The van der Waals surface area contributed by atoms with Crippen molar-refractivity contribution in [2.45, 2.75) is 13.2 Å². The van der Waals surface area contributed by atoms with Crippen LogP contribution >= 0.6 is 0 Å². The summed E-state index contributed by atoms with van der Waals surface area (Å²) in [5.74, 6) is 2.12. The summed E-state index contributed by atoms with van der Waals surface area (Å²) < 4.78 is 11.4. The minimum atomic E-state index is 0.509. The lowest BCUT2D eigenvalue weighted by molar-refractivity contribution is 0.284. The molecule has 0 amide bonds. The molecule has 0 spiro atoms. The lowest BCUT2D eigenvalue weighted by Gasteiger charge is -2.13. The smallest absolute Gasteiger partial charge is 0.222 e. The maximum Gasteiger partial charge on any atom is 0.222 e. The molecule has 0 radical (unpaired) electrons. The maximum absolute atomic E-state index is 5.96. The fourth-order valence-corrected chi connectivity index (χ4v) is 2.56. The number of methoxy groups -OCH3 is 1. The summed E-state index contributed by atoms with van der Waals surface area (Å²) in [6, 6.07) is 17.9. The van der Waals surface area contributed by atoms with Gasteiger partial charge in [-0.2, -0.15) is 0 Å². The third kappa shape index (κ3) is 5.97. The molecule has 140 valence electrons. The van der Waals surface area contributed by atoms with Crippen LogP contribution in [0.3, 0.4) is 0 Å². The van der Waals surface area contributed by atoms with E-state index in [1.807, 2.05) is 48.5 Å². The molecule has 2 aromatic carbocycles. The third-order valence-corrected chi connectivity index (χ3v) is 3.94. The van der Waals surface area contributed by atoms with Crippen LogP contribution in [-0.2, 0) is 13.2 Å². The molecular weight excluding hydrogens is 340 g/mol. The van der Waals surface area contributed by atoms with Crippen LogP contribution < -0.4 is 20.1 Å². The number of ether oxygens (including phenoxy) is 2. The second kappa shape index (κ2) is 10.1. The van der Waals surface area contributed by atoms with E-state index in [0.717, 1.165) is 42.3 Å². The Morgan fingerprint density at radius 2 is 1.67 bits per heavy atom. The van der Waals surface area contributed by atoms with Gasteiger partial charge >= 0.3 is 0 Å². The van der Waals surface area contributed by atoms with Gasteiger partial charge in [0.15, 0.2) is 11.5 Å². The number of benzene rings is 2. The SMILES string of the molecule is COc1ccc(CNCCNc2ncccn2)cc1OCc1ccccc1. The molecule has 6 nitrogen and oxygen atoms in total. The van der Waals surface area contributed by atoms with E-state index < -0.39 is 0 Å². The van der Waals surface area contributed by atoms with Crippen molar-refractivity contribution >= 4 is 5.95 Å². The fraction of sp³-hybridized carbons (Fsp3) is 0.238. The summed E-state index contributed by atoms with van der Waals surface area (Å²) in [5.41, 5.74) is 2.26. The van der Waals surface area contributed by atoms with E-state index in [1.54, 1.807) is 25.6 Å². The molecule has 0 atom stereocenters. The van der Waals surface area contributed by atoms with E-state index in [-0.39, 0.29) is 0 Å². The van der Waals surface area contributed by atoms with Crippen molar-refractivity contribution in [3.8, 4) is 11.5 Å². The largest absolute Gasteiger partial charge is 0.493 e. The Hall–Kier alpha value is -3.12. The Bertz CT molecular complexity index is 813. The highest BCUT2D eigenvalue weighted by Crippen LogP contribution is 2.28. The van der Waals surface area contributed by atoms with Crippen molar-refractivity contribution in [1.82, 2.24) is 15.3 Å². The molecule has 1 heterocycles. The Kier molecular flexibility index (Phi) is 7.00. The molecule has 0 saturated heterocycles. The highest BCUT2D eigenvalue weighted by Gasteiger charge is 2.06. The number of hydrogen-bond donors (Lipinski definition) is 2. The van der Waals surface area contributed by atoms with Crippen LogP contribution in [-0.4, -0.2) is 30.2 Å². The van der Waals surface area contributed by atoms with E-state index in [1.165, 1.54) is 0 Å². The monoisotopic (exact) mass is 364 g/mol. The molecule has 6 heteroatoms. The van der Waals surface area contributed by atoms with Gasteiger partial charge in [-0.3, -0.25) is 0 Å². The van der Waals surface area contributed by atoms with E-state index in [2.05, 4.69) is 20.6 Å². The Labute approximate surface area is 159 Å². The van der Waals surface area contributed by atoms with Gasteiger partial charge in [0, 0.05) is 32.0 Å². The standard InChI is InChI=1S/C21H24N4O2/c1-26-19-9-8-18(14-20(19)27-16-17-6-3-2-4-7-17)15-22-12-13-25-21-23-10-5-11-24-21/h2-11,14,22H,12-13,15-16H2,1H3,(H,23,24,25). The first-order valence-electron chi connectivity index (χ1n) is 8.90. The summed E-state index contributed by atoms with van der Waals surface area (Å²) in [5, 5.41) is 6.57. The van der Waals surface area contributed by atoms with Crippen molar-refractivity contribution in [3.63, 3.8) is 0 Å². The van der Waals surface area contributed by atoms with Crippen molar-refractivity contribution in [3.05, 3.63) is 78.1 Å². The fourth-order valence-electron chi connectivity index (χ4n) is 2.56. The highest BCUT2D eigenvalue weighted by molar-refractivity contribution is 5.43. The van der Waals surface area contributed by atoms with Gasteiger partial charge in [-0.1, -0.05) is 36.4 Å². The molecule has 2 N–H and O–H groups in total. The average Bonchev–Trinajstić information content (AvgIpc) is 2.73. The maximum atomic E-state index is 5.96. The first-order chi connectivity index (χ1) is 13.3. The molecule has 27 heavy (non-hydrogen) atoms. The van der Waals surface area contributed by atoms with Crippen molar-refractivity contribution < 1.29 is 9.47 Å². The minimum Gasteiger partial charge on any atom is -0.493 e. The van der Waals surface area contributed by atoms with Gasteiger partial charge in [0.05, 0.1) is 7.11 Å². The molecule has 0 bridgehead atoms. The van der Waals surface area contributed by atoms with Crippen LogP contribution in [0.15, 0.2) is 67.0 Å². The van der Waals surface area contributed by atoms with Crippen LogP contribution in [0, 0.1) is 0 Å². The number of nitrogens with one attached hydrogen (secondary N) is 2. The van der Waals surface area contributed by atoms with Gasteiger partial charge in [-0.25, -0.2) is 9.97 Å². The van der Waals surface area contributed by atoms with Crippen LogP contribution in [0.1, 0.15) is 11.1 Å². The molecule has 0 fully saturated rings. The summed E-state index contributed by atoms with van der Waals surface area (Å²) >= 11 is 0. The quantitative estimate of drug-likeness (QED) is 0.538. The normalized spacial score (nSPS) is 10.4. The van der Waals surface area contributed by atoms with Gasteiger partial charge in [0.1, 0.15) is 6.61 Å². The van der Waals surface area contributed by atoms with Crippen LogP contribution in [0.2, 0.25) is 0 Å². The lowest BCUT2D eigenvalue weighted by Crippen LogP contribution is -2.22. The van der Waals surface area contributed by atoms with Crippen LogP contribution in [0.4, 0.5) is 5.95 Å². The second-order valence-corrected chi connectivity index (χ2v) is 5.94. The van der Waals surface area contributed by atoms with E-state index in [9.17, 15) is 0 Å². The predicted molar refractivity (Wildman–Crippen MR) is 106 cm³/mol. The molecule has 1 aromatic heterocycles. The third-order valence-electron chi connectivity index (χ3n) is 3.94. The minimum absolute atomic E-state index is 0.509. The zero-order valence-electron chi connectivity index (χ0n) is 15.4. The molecule has 0 aliphatic heterocycles. The van der Waals surface area contributed by atoms with Crippen molar-refractivity contribution in [1.29, 1.82) is 0 Å². The van der Waals surface area contributed by atoms with E-state index >= 15 is 0 Å². The summed E-state index contributed by atoms with van der Waals surface area (Å²) in [7, 11) is 1.65. The Morgan fingerprint density at radius 3 is 2.44 bits per heavy atom. The van der Waals surface area contributed by atoms with E-state index in [0.29, 0.717) is 12.6 Å². The molecule has 3 aromatic rings. The summed E-state index contributed by atoms with van der Waals surface area (Å²) in [6.07, 6.45) is 3.44. The first-order valence-corrected chi connectivity index (χ1v) is 8.90. The number of rotatable bonds is 10. The molecular formula is C21H24N4O2. The van der Waals surface area contributed by atoms with Crippen molar-refractivity contribution in [2.24, 2.45) is 0 Å². The molecule has 0 aliphatic rings. The Balaban J connectivity index is 1.48. The second-order valence-electron chi connectivity index (χ2n) is 5.94. The zero-order chi connectivity index (χ0) is 18.7. The topological polar surface area (TPSA) is 68.3 Å². The van der Waals surface area contributed by atoms with Gasteiger partial charge in [0.25, 0.3) is 0 Å². The van der Waals surface area contributed by atoms with Crippen LogP contribution in [0.5, 0.6) is 11.5 Å². The first kappa shape index (κ1) is 18.7. The molecule has 3 rings (SSSR count). The molecule has 0 saturated carbocycles. The Morgan fingerprint density at radius 1 is 0.852 bits per heavy atom. The zero-order valence-corrected chi connectivity index (χ0v) is 15.4. The van der Waals surface area contributed by atoms with Gasteiger partial charge in [0.2, 0.25) is 5.95 Å². The van der Waals surface area contributed by atoms with Crippen molar-refractivity contribution in [2.75, 3.05) is 25.5 Å². The lowest BCUT2D eigenvalue weighted by atomic mass is 10.2. The van der Waals surface area contributed by atoms with Gasteiger partial charge in [-0.05, 0) is 29.3 Å². The highest BCUT2D eigenvalue weighted by atomic mass is 16.5. The number of nitrogens with zero attached hydrogens (tertiary/aromatic N) is 2. The summed E-state index contributed by atoms with van der Waals surface area (Å²) in [4.78, 5) is 8.26. The van der Waals surface area contributed by atoms with Gasteiger partial charge < -0.3 is 20.1 Å². The van der Waals surface area contributed by atoms with E-state index in [4.69, 9.17) is 9.47 Å². The van der Waals surface area contributed by atoms with Crippen LogP contribution in [0.25, 0.3) is 0 Å². The average molecular weight is 364 g/mol. The number of aromatic nitrogens is 2.